The van der Waals surface area contributed by atoms with Gasteiger partial charge in [0.2, 0.25) is 21.8 Å². The van der Waals surface area contributed by atoms with Crippen LogP contribution < -0.4 is 9.64 Å². The Morgan fingerprint density at radius 1 is 1.06 bits per heavy atom. The van der Waals surface area contributed by atoms with Crippen molar-refractivity contribution in [2.45, 2.75) is 42.9 Å². The lowest BCUT2D eigenvalue weighted by Gasteiger charge is -2.26. The fourth-order valence-electron chi connectivity index (χ4n) is 4.56. The summed E-state index contributed by atoms with van der Waals surface area (Å²) in [5, 5.41) is 0. The number of sulfonamides is 1. The van der Waals surface area contributed by atoms with Crippen molar-refractivity contribution in [2.75, 3.05) is 24.5 Å². The summed E-state index contributed by atoms with van der Waals surface area (Å²) >= 11 is 0. The van der Waals surface area contributed by atoms with E-state index in [2.05, 4.69) is 4.98 Å². The summed E-state index contributed by atoms with van der Waals surface area (Å²) in [4.78, 5) is 17.8. The van der Waals surface area contributed by atoms with Crippen LogP contribution in [-0.4, -0.2) is 49.4 Å². The molecule has 0 N–H and O–H groups in total. The second-order valence-corrected chi connectivity index (χ2v) is 10.1. The SMILES string of the molecule is O=C1CCc2cc(S(=O)(=O)N3CCC(Oc4cc(C(F)(F)F)ccn4)C3)cc3c2N1CC3. The number of ether oxygens (including phenoxy) is 1. The summed E-state index contributed by atoms with van der Waals surface area (Å²) in [7, 11) is -3.81. The first-order chi connectivity index (χ1) is 15.1. The van der Waals surface area contributed by atoms with Crippen molar-refractivity contribution in [1.29, 1.82) is 0 Å². The highest BCUT2D eigenvalue weighted by molar-refractivity contribution is 7.89. The molecule has 1 saturated heterocycles. The molecule has 1 amide bonds. The number of carbonyl (C=O) groups excluding carboxylic acids is 1. The van der Waals surface area contributed by atoms with Crippen molar-refractivity contribution >= 4 is 21.6 Å². The van der Waals surface area contributed by atoms with Gasteiger partial charge in [-0.25, -0.2) is 13.4 Å². The molecule has 1 fully saturated rings. The zero-order chi connectivity index (χ0) is 22.7. The maximum absolute atomic E-state index is 13.3. The van der Waals surface area contributed by atoms with Gasteiger partial charge in [0.1, 0.15) is 6.10 Å². The number of alkyl halides is 3. The van der Waals surface area contributed by atoms with Gasteiger partial charge in [0.25, 0.3) is 0 Å². The number of aryl methyl sites for hydroxylation is 1. The predicted molar refractivity (Wildman–Crippen MR) is 108 cm³/mol. The molecule has 32 heavy (non-hydrogen) atoms. The van der Waals surface area contributed by atoms with Crippen LogP contribution in [-0.2, 0) is 33.8 Å². The van der Waals surface area contributed by atoms with E-state index in [0.29, 0.717) is 32.2 Å². The molecule has 0 bridgehead atoms. The van der Waals surface area contributed by atoms with Gasteiger partial charge in [-0.1, -0.05) is 0 Å². The van der Waals surface area contributed by atoms with E-state index in [1.807, 2.05) is 0 Å². The Balaban J connectivity index is 1.34. The number of nitrogens with zero attached hydrogens (tertiary/aromatic N) is 3. The zero-order valence-corrected chi connectivity index (χ0v) is 17.7. The van der Waals surface area contributed by atoms with Crippen LogP contribution in [0.15, 0.2) is 35.4 Å². The Hall–Kier alpha value is -2.66. The molecule has 1 atom stereocenters. The summed E-state index contributed by atoms with van der Waals surface area (Å²) in [6, 6.07) is 4.94. The van der Waals surface area contributed by atoms with Gasteiger partial charge >= 0.3 is 6.18 Å². The Morgan fingerprint density at radius 3 is 2.56 bits per heavy atom. The normalized spacial score (nSPS) is 21.2. The van der Waals surface area contributed by atoms with Gasteiger partial charge in [0.15, 0.2) is 0 Å². The van der Waals surface area contributed by atoms with Crippen molar-refractivity contribution in [1.82, 2.24) is 9.29 Å². The molecule has 7 nitrogen and oxygen atoms in total. The number of hydrogen-bond donors (Lipinski definition) is 0. The molecule has 0 saturated carbocycles. The molecule has 3 aliphatic heterocycles. The first-order valence-electron chi connectivity index (χ1n) is 10.3. The number of anilines is 1. The van der Waals surface area contributed by atoms with E-state index >= 15 is 0 Å². The van der Waals surface area contributed by atoms with Gasteiger partial charge in [0, 0.05) is 31.8 Å². The Bertz CT molecular complexity index is 1200. The van der Waals surface area contributed by atoms with E-state index in [0.717, 1.165) is 35.1 Å². The fraction of sp³-hybridized carbons (Fsp3) is 0.429. The monoisotopic (exact) mass is 467 g/mol. The maximum Gasteiger partial charge on any atom is 0.416 e. The molecule has 1 aromatic carbocycles. The molecule has 4 heterocycles. The molecule has 3 aliphatic rings. The Labute approximate surface area is 182 Å². The first-order valence-corrected chi connectivity index (χ1v) is 11.7. The van der Waals surface area contributed by atoms with Crippen LogP contribution in [0.1, 0.15) is 29.5 Å². The summed E-state index contributed by atoms with van der Waals surface area (Å²) in [6.07, 6.45) is -2.26. The molecule has 1 unspecified atom stereocenters. The molecule has 0 spiro atoms. The molecular formula is C21H20F3N3O4S. The molecule has 1 aromatic heterocycles. The van der Waals surface area contributed by atoms with Crippen LogP contribution in [0.5, 0.6) is 5.88 Å². The third kappa shape index (κ3) is 3.62. The minimum atomic E-state index is -4.51. The minimum absolute atomic E-state index is 0.0251. The molecule has 0 radical (unpaired) electrons. The van der Waals surface area contributed by atoms with Crippen molar-refractivity contribution in [3.8, 4) is 5.88 Å². The van der Waals surface area contributed by atoms with Crippen molar-refractivity contribution < 1.29 is 31.1 Å². The molecular weight excluding hydrogens is 447 g/mol. The molecule has 11 heteroatoms. The molecule has 170 valence electrons. The molecule has 0 aliphatic carbocycles. The second kappa shape index (κ2) is 7.45. The minimum Gasteiger partial charge on any atom is -0.473 e. The van der Waals surface area contributed by atoms with E-state index in [4.69, 9.17) is 4.74 Å². The molecule has 2 aromatic rings. The summed E-state index contributed by atoms with van der Waals surface area (Å²) in [5.41, 5.74) is 1.69. The van der Waals surface area contributed by atoms with Crippen LogP contribution in [0.25, 0.3) is 0 Å². The average molecular weight is 467 g/mol. The number of amides is 1. The van der Waals surface area contributed by atoms with Gasteiger partial charge in [-0.15, -0.1) is 0 Å². The van der Waals surface area contributed by atoms with Crippen molar-refractivity contribution in [2.24, 2.45) is 0 Å². The predicted octanol–water partition coefficient (Wildman–Crippen LogP) is 2.78. The second-order valence-electron chi connectivity index (χ2n) is 8.16. The van der Waals surface area contributed by atoms with Gasteiger partial charge in [-0.05, 0) is 48.6 Å². The topological polar surface area (TPSA) is 79.8 Å². The van der Waals surface area contributed by atoms with E-state index in [-0.39, 0.29) is 29.8 Å². The third-order valence-electron chi connectivity index (χ3n) is 6.12. The summed E-state index contributed by atoms with van der Waals surface area (Å²) in [5.74, 6) is -0.120. The quantitative estimate of drug-likeness (QED) is 0.691. The van der Waals surface area contributed by atoms with Crippen LogP contribution in [0.4, 0.5) is 18.9 Å². The number of pyridine rings is 1. The lowest BCUT2D eigenvalue weighted by atomic mass is 10.00. The largest absolute Gasteiger partial charge is 0.473 e. The van der Waals surface area contributed by atoms with E-state index < -0.39 is 27.9 Å². The number of rotatable bonds is 4. The van der Waals surface area contributed by atoms with E-state index in [1.54, 1.807) is 17.0 Å². The van der Waals surface area contributed by atoms with E-state index in [1.165, 1.54) is 4.31 Å². The average Bonchev–Trinajstić information content (AvgIpc) is 3.39. The van der Waals surface area contributed by atoms with Gasteiger partial charge in [-0.3, -0.25) is 4.79 Å². The lowest BCUT2D eigenvalue weighted by Crippen LogP contribution is -2.33. The first kappa shape index (κ1) is 21.2. The lowest BCUT2D eigenvalue weighted by molar-refractivity contribution is -0.137. The molecule has 5 rings (SSSR count). The zero-order valence-electron chi connectivity index (χ0n) is 16.9. The number of aromatic nitrogens is 1. The highest BCUT2D eigenvalue weighted by atomic mass is 32.2. The maximum atomic E-state index is 13.3. The van der Waals surface area contributed by atoms with E-state index in [9.17, 15) is 26.4 Å². The van der Waals surface area contributed by atoms with Crippen LogP contribution in [0, 0.1) is 0 Å². The fourth-order valence-corrected chi connectivity index (χ4v) is 6.15. The van der Waals surface area contributed by atoms with Crippen LogP contribution in [0.2, 0.25) is 0 Å². The van der Waals surface area contributed by atoms with Crippen molar-refractivity contribution in [3.63, 3.8) is 0 Å². The van der Waals surface area contributed by atoms with Crippen LogP contribution in [0.3, 0.4) is 0 Å². The smallest absolute Gasteiger partial charge is 0.416 e. The number of carbonyl (C=O) groups is 1. The summed E-state index contributed by atoms with van der Waals surface area (Å²) in [6.45, 7) is 0.786. The number of hydrogen-bond acceptors (Lipinski definition) is 5. The standard InChI is InChI=1S/C21H20F3N3O4S/c22-21(23,24)15-3-6-25-18(11-15)31-16-5-7-26(12-16)32(29,30)17-9-13-1-2-19(28)27-8-4-14(10-17)20(13)27/h3,6,9-11,16H,1-2,4-5,7-8,12H2. The van der Waals surface area contributed by atoms with Crippen LogP contribution >= 0.6 is 0 Å². The van der Waals surface area contributed by atoms with Gasteiger partial charge < -0.3 is 9.64 Å². The van der Waals surface area contributed by atoms with Gasteiger partial charge in [0.05, 0.1) is 22.7 Å². The summed E-state index contributed by atoms with van der Waals surface area (Å²) < 4.78 is 72.1. The Kier molecular flexibility index (Phi) is 4.93. The Morgan fingerprint density at radius 2 is 1.81 bits per heavy atom. The highest BCUT2D eigenvalue weighted by Crippen LogP contribution is 2.39. The highest BCUT2D eigenvalue weighted by Gasteiger charge is 2.38. The van der Waals surface area contributed by atoms with Gasteiger partial charge in [-0.2, -0.15) is 17.5 Å². The number of halogens is 3. The number of benzene rings is 1. The third-order valence-corrected chi connectivity index (χ3v) is 7.96. The van der Waals surface area contributed by atoms with Crippen molar-refractivity contribution in [3.05, 3.63) is 47.2 Å².